The number of anilines is 1. The van der Waals surface area contributed by atoms with E-state index in [0.717, 1.165) is 30.5 Å². The Morgan fingerprint density at radius 3 is 2.84 bits per heavy atom. The summed E-state index contributed by atoms with van der Waals surface area (Å²) in [6, 6.07) is 7.69. The molecule has 2 atom stereocenters. The molecule has 100 valence electrons. The van der Waals surface area contributed by atoms with Gasteiger partial charge in [-0.25, -0.2) is 0 Å². The van der Waals surface area contributed by atoms with Gasteiger partial charge in [0.15, 0.2) is 0 Å². The van der Waals surface area contributed by atoms with Gasteiger partial charge in [-0.05, 0) is 37.5 Å². The van der Waals surface area contributed by atoms with E-state index in [0.29, 0.717) is 12.0 Å². The van der Waals surface area contributed by atoms with Crippen molar-refractivity contribution in [2.75, 3.05) is 5.32 Å². The van der Waals surface area contributed by atoms with Gasteiger partial charge in [-0.2, -0.15) is 5.26 Å². The van der Waals surface area contributed by atoms with Crippen LogP contribution < -0.4 is 5.32 Å². The number of benzene rings is 1. The second kappa shape index (κ2) is 5.75. The van der Waals surface area contributed by atoms with Crippen molar-refractivity contribution in [3.05, 3.63) is 29.3 Å². The Labute approximate surface area is 113 Å². The first-order chi connectivity index (χ1) is 9.11. The average Bonchev–Trinajstić information content (AvgIpc) is 2.41. The van der Waals surface area contributed by atoms with Crippen molar-refractivity contribution in [1.82, 2.24) is 0 Å². The fourth-order valence-corrected chi connectivity index (χ4v) is 2.68. The van der Waals surface area contributed by atoms with Crippen LogP contribution in [0.3, 0.4) is 0 Å². The molecule has 0 bridgehead atoms. The first kappa shape index (κ1) is 13.4. The van der Waals surface area contributed by atoms with Crippen LogP contribution in [0.1, 0.15) is 36.8 Å². The lowest BCUT2D eigenvalue weighted by atomic mass is 9.84. The third-order valence-electron chi connectivity index (χ3n) is 3.72. The maximum absolute atomic E-state index is 11.3. The lowest BCUT2D eigenvalue weighted by molar-refractivity contribution is -0.143. The SMILES string of the molecule is Cc1ccc(NC2CCCCC2C(=O)O)c(C#N)c1. The molecule has 4 nitrogen and oxygen atoms in total. The summed E-state index contributed by atoms with van der Waals surface area (Å²) < 4.78 is 0. The Hall–Kier alpha value is -2.02. The lowest BCUT2D eigenvalue weighted by Gasteiger charge is -2.30. The van der Waals surface area contributed by atoms with Crippen LogP contribution >= 0.6 is 0 Å². The van der Waals surface area contributed by atoms with Gasteiger partial charge in [-0.15, -0.1) is 0 Å². The van der Waals surface area contributed by atoms with E-state index in [1.807, 2.05) is 25.1 Å². The molecule has 0 heterocycles. The minimum absolute atomic E-state index is 0.0824. The predicted octanol–water partition coefficient (Wildman–Crippen LogP) is 2.92. The van der Waals surface area contributed by atoms with Crippen molar-refractivity contribution in [1.29, 1.82) is 5.26 Å². The molecular formula is C15H18N2O2. The molecule has 0 aromatic heterocycles. The molecule has 1 aromatic rings. The molecule has 2 rings (SSSR count). The highest BCUT2D eigenvalue weighted by Gasteiger charge is 2.30. The molecule has 19 heavy (non-hydrogen) atoms. The molecule has 2 N–H and O–H groups in total. The highest BCUT2D eigenvalue weighted by Crippen LogP contribution is 2.28. The highest BCUT2D eigenvalue weighted by molar-refractivity contribution is 5.72. The van der Waals surface area contributed by atoms with Crippen molar-refractivity contribution in [2.45, 2.75) is 38.6 Å². The first-order valence-electron chi connectivity index (χ1n) is 6.62. The fourth-order valence-electron chi connectivity index (χ4n) is 2.68. The Bertz CT molecular complexity index is 519. The van der Waals surface area contributed by atoms with Gasteiger partial charge in [-0.3, -0.25) is 4.79 Å². The minimum atomic E-state index is -0.747. The number of rotatable bonds is 3. The van der Waals surface area contributed by atoms with Crippen molar-refractivity contribution in [2.24, 2.45) is 5.92 Å². The van der Waals surface area contributed by atoms with E-state index in [9.17, 15) is 9.90 Å². The van der Waals surface area contributed by atoms with Crippen LogP contribution in [0.4, 0.5) is 5.69 Å². The van der Waals surface area contributed by atoms with Gasteiger partial charge in [0.25, 0.3) is 0 Å². The Balaban J connectivity index is 2.20. The molecule has 2 unspecified atom stereocenters. The topological polar surface area (TPSA) is 73.1 Å². The third-order valence-corrected chi connectivity index (χ3v) is 3.72. The Morgan fingerprint density at radius 2 is 2.16 bits per heavy atom. The molecule has 1 aromatic carbocycles. The maximum atomic E-state index is 11.3. The average molecular weight is 258 g/mol. The molecule has 1 fully saturated rings. The van der Waals surface area contributed by atoms with Crippen molar-refractivity contribution in [3.8, 4) is 6.07 Å². The van der Waals surface area contributed by atoms with Gasteiger partial charge in [0.1, 0.15) is 6.07 Å². The molecule has 1 saturated carbocycles. The number of aryl methyl sites for hydroxylation is 1. The van der Waals surface area contributed by atoms with E-state index in [4.69, 9.17) is 5.26 Å². The first-order valence-corrected chi connectivity index (χ1v) is 6.62. The second-order valence-electron chi connectivity index (χ2n) is 5.14. The van der Waals surface area contributed by atoms with Crippen molar-refractivity contribution in [3.63, 3.8) is 0 Å². The zero-order chi connectivity index (χ0) is 13.8. The van der Waals surface area contributed by atoms with Crippen LogP contribution in [-0.4, -0.2) is 17.1 Å². The summed E-state index contributed by atoms with van der Waals surface area (Å²) in [6.45, 7) is 1.94. The van der Waals surface area contributed by atoms with Crippen LogP contribution in [0.5, 0.6) is 0 Å². The van der Waals surface area contributed by atoms with E-state index in [1.54, 1.807) is 0 Å². The van der Waals surface area contributed by atoms with Crippen LogP contribution in [-0.2, 0) is 4.79 Å². The summed E-state index contributed by atoms with van der Waals surface area (Å²) in [6.07, 6.45) is 3.56. The van der Waals surface area contributed by atoms with Gasteiger partial charge in [0, 0.05) is 6.04 Å². The maximum Gasteiger partial charge on any atom is 0.308 e. The second-order valence-corrected chi connectivity index (χ2v) is 5.14. The van der Waals surface area contributed by atoms with E-state index >= 15 is 0 Å². The molecule has 1 aliphatic carbocycles. The number of carbonyl (C=O) groups is 1. The number of aliphatic carboxylic acids is 1. The number of nitriles is 1. The van der Waals surface area contributed by atoms with Crippen LogP contribution in [0.2, 0.25) is 0 Å². The van der Waals surface area contributed by atoms with Crippen molar-refractivity contribution < 1.29 is 9.90 Å². The highest BCUT2D eigenvalue weighted by atomic mass is 16.4. The van der Waals surface area contributed by atoms with Crippen LogP contribution in [0.15, 0.2) is 18.2 Å². The quantitative estimate of drug-likeness (QED) is 0.874. The number of nitrogens with zero attached hydrogens (tertiary/aromatic N) is 1. The van der Waals surface area contributed by atoms with E-state index in [2.05, 4.69) is 11.4 Å². The summed E-state index contributed by atoms with van der Waals surface area (Å²) in [5.74, 6) is -1.11. The molecule has 0 amide bonds. The van der Waals surface area contributed by atoms with E-state index in [-0.39, 0.29) is 12.0 Å². The number of carboxylic acid groups (broad SMARTS) is 1. The zero-order valence-corrected chi connectivity index (χ0v) is 11.0. The summed E-state index contributed by atoms with van der Waals surface area (Å²) in [4.78, 5) is 11.3. The smallest absolute Gasteiger partial charge is 0.308 e. The van der Waals surface area contributed by atoms with Crippen molar-refractivity contribution >= 4 is 11.7 Å². The van der Waals surface area contributed by atoms with E-state index < -0.39 is 5.97 Å². The zero-order valence-electron chi connectivity index (χ0n) is 11.0. The Morgan fingerprint density at radius 1 is 1.42 bits per heavy atom. The molecule has 0 spiro atoms. The normalized spacial score (nSPS) is 22.5. The van der Waals surface area contributed by atoms with Crippen LogP contribution in [0.25, 0.3) is 0 Å². The van der Waals surface area contributed by atoms with Gasteiger partial charge in [0.2, 0.25) is 0 Å². The molecule has 0 saturated heterocycles. The molecule has 4 heteroatoms. The standard InChI is InChI=1S/C15H18N2O2/c1-10-6-7-13(11(8-10)9-16)17-14-5-3-2-4-12(14)15(18)19/h6-8,12,14,17H,2-5H2,1H3,(H,18,19). The summed E-state index contributed by atoms with van der Waals surface area (Å²) in [5, 5.41) is 21.6. The van der Waals surface area contributed by atoms with E-state index in [1.165, 1.54) is 0 Å². The number of hydrogen-bond acceptors (Lipinski definition) is 3. The van der Waals surface area contributed by atoms with Gasteiger partial charge >= 0.3 is 5.97 Å². The molecule has 0 radical (unpaired) electrons. The number of nitrogens with one attached hydrogen (secondary N) is 1. The number of hydrogen-bond donors (Lipinski definition) is 2. The third kappa shape index (κ3) is 3.05. The molecular weight excluding hydrogens is 240 g/mol. The summed E-state index contributed by atoms with van der Waals surface area (Å²) >= 11 is 0. The predicted molar refractivity (Wildman–Crippen MR) is 72.9 cm³/mol. The fraction of sp³-hybridized carbons (Fsp3) is 0.467. The van der Waals surface area contributed by atoms with Gasteiger partial charge in [0.05, 0.1) is 17.2 Å². The lowest BCUT2D eigenvalue weighted by Crippen LogP contribution is -2.37. The molecule has 0 aliphatic heterocycles. The molecule has 1 aliphatic rings. The largest absolute Gasteiger partial charge is 0.481 e. The minimum Gasteiger partial charge on any atom is -0.481 e. The van der Waals surface area contributed by atoms with Gasteiger partial charge in [-0.1, -0.05) is 18.9 Å². The summed E-state index contributed by atoms with van der Waals surface area (Å²) in [7, 11) is 0. The number of carboxylic acids is 1. The monoisotopic (exact) mass is 258 g/mol. The Kier molecular flexibility index (Phi) is 4.06. The van der Waals surface area contributed by atoms with Crippen LogP contribution in [0, 0.1) is 24.2 Å². The van der Waals surface area contributed by atoms with Gasteiger partial charge < -0.3 is 10.4 Å². The summed E-state index contributed by atoms with van der Waals surface area (Å²) in [5.41, 5.74) is 2.35.